The summed E-state index contributed by atoms with van der Waals surface area (Å²) in [4.78, 5) is 24.2. The number of rotatable bonds is 5. The number of ether oxygens (including phenoxy) is 2. The molecule has 9 heteroatoms. The van der Waals surface area contributed by atoms with E-state index in [1.54, 1.807) is 10.9 Å². The average molecular weight is 488 g/mol. The van der Waals surface area contributed by atoms with Gasteiger partial charge in [-0.1, -0.05) is 36.0 Å². The normalized spacial score (nSPS) is 17.5. The molecule has 0 spiro atoms. The molecular weight excluding hydrogens is 462 g/mol. The standard InChI is InChI=1S/C26H25N5O3S/c32-24(30-11-4-8-21(30)18-9-10-22-23(14-18)34-13-5-12-33-22)16-35-26-20-15-29-31(25(20)27-17-28-26)19-6-2-1-3-7-19/h1-3,6-7,9-10,14-15,17,21H,4-5,8,11-13,16H2. The molecule has 0 aliphatic carbocycles. The topological polar surface area (TPSA) is 82.4 Å². The van der Waals surface area contributed by atoms with E-state index in [2.05, 4.69) is 21.1 Å². The second kappa shape index (κ2) is 9.58. The molecule has 4 aromatic rings. The van der Waals surface area contributed by atoms with E-state index in [4.69, 9.17) is 9.47 Å². The minimum Gasteiger partial charge on any atom is -0.490 e. The van der Waals surface area contributed by atoms with Gasteiger partial charge >= 0.3 is 0 Å². The third kappa shape index (κ3) is 4.32. The zero-order chi connectivity index (χ0) is 23.6. The highest BCUT2D eigenvalue weighted by Gasteiger charge is 2.31. The van der Waals surface area contributed by atoms with E-state index < -0.39 is 0 Å². The summed E-state index contributed by atoms with van der Waals surface area (Å²) >= 11 is 1.44. The van der Waals surface area contributed by atoms with Gasteiger partial charge in [-0.05, 0) is 42.7 Å². The van der Waals surface area contributed by atoms with E-state index in [9.17, 15) is 4.79 Å². The SMILES string of the molecule is O=C(CSc1ncnc2c1cnn2-c1ccccc1)N1CCCC1c1ccc2c(c1)OCCCO2. The van der Waals surface area contributed by atoms with Crippen LogP contribution in [0.2, 0.25) is 0 Å². The van der Waals surface area contributed by atoms with Crippen molar-refractivity contribution in [1.29, 1.82) is 0 Å². The fourth-order valence-electron chi connectivity index (χ4n) is 4.71. The minimum atomic E-state index is 0.0477. The zero-order valence-corrected chi connectivity index (χ0v) is 20.0. The van der Waals surface area contributed by atoms with Gasteiger partial charge in [-0.3, -0.25) is 4.79 Å². The van der Waals surface area contributed by atoms with Gasteiger partial charge in [-0.25, -0.2) is 14.6 Å². The molecule has 2 aromatic carbocycles. The van der Waals surface area contributed by atoms with Crippen molar-refractivity contribution in [1.82, 2.24) is 24.6 Å². The van der Waals surface area contributed by atoms with Crippen molar-refractivity contribution in [2.75, 3.05) is 25.5 Å². The number of likely N-dealkylation sites (tertiary alicyclic amines) is 1. The van der Waals surface area contributed by atoms with Crippen LogP contribution in [-0.4, -0.2) is 56.1 Å². The fraction of sp³-hybridized carbons (Fsp3) is 0.308. The molecule has 1 amide bonds. The zero-order valence-electron chi connectivity index (χ0n) is 19.2. The maximum atomic E-state index is 13.3. The van der Waals surface area contributed by atoms with Crippen LogP contribution < -0.4 is 9.47 Å². The van der Waals surface area contributed by atoms with Crippen molar-refractivity contribution < 1.29 is 14.3 Å². The molecular formula is C26H25N5O3S. The van der Waals surface area contributed by atoms with Gasteiger partial charge in [0.1, 0.15) is 11.4 Å². The summed E-state index contributed by atoms with van der Waals surface area (Å²) in [5.41, 5.74) is 2.76. The number of fused-ring (bicyclic) bond motifs is 2. The first-order valence-corrected chi connectivity index (χ1v) is 12.8. The van der Waals surface area contributed by atoms with Gasteiger partial charge in [0.2, 0.25) is 5.91 Å². The Morgan fingerprint density at radius 2 is 1.89 bits per heavy atom. The van der Waals surface area contributed by atoms with E-state index in [1.165, 1.54) is 18.1 Å². The molecule has 1 unspecified atom stereocenters. The van der Waals surface area contributed by atoms with E-state index in [0.717, 1.165) is 64.6 Å². The lowest BCUT2D eigenvalue weighted by molar-refractivity contribution is -0.129. The molecule has 178 valence electrons. The molecule has 2 aliphatic heterocycles. The third-order valence-electron chi connectivity index (χ3n) is 6.39. The first kappa shape index (κ1) is 21.9. The van der Waals surface area contributed by atoms with Crippen molar-refractivity contribution in [3.63, 3.8) is 0 Å². The maximum absolute atomic E-state index is 13.3. The molecule has 6 rings (SSSR count). The number of amides is 1. The van der Waals surface area contributed by atoms with Gasteiger partial charge in [0.15, 0.2) is 17.1 Å². The summed E-state index contributed by atoms with van der Waals surface area (Å²) < 4.78 is 13.4. The summed E-state index contributed by atoms with van der Waals surface area (Å²) in [7, 11) is 0. The quantitative estimate of drug-likeness (QED) is 0.304. The number of carbonyl (C=O) groups excluding carboxylic acids is 1. The second-order valence-corrected chi connectivity index (χ2v) is 9.56. The van der Waals surface area contributed by atoms with E-state index in [1.807, 2.05) is 47.4 Å². The van der Waals surface area contributed by atoms with Crippen LogP contribution in [-0.2, 0) is 4.79 Å². The Morgan fingerprint density at radius 3 is 2.77 bits per heavy atom. The number of hydrogen-bond acceptors (Lipinski definition) is 7. The molecule has 1 saturated heterocycles. The Morgan fingerprint density at radius 1 is 1.03 bits per heavy atom. The minimum absolute atomic E-state index is 0.0477. The van der Waals surface area contributed by atoms with Crippen LogP contribution in [0.25, 0.3) is 16.7 Å². The average Bonchev–Trinajstić information content (AvgIpc) is 3.50. The van der Waals surface area contributed by atoms with Crippen LogP contribution in [0.4, 0.5) is 0 Å². The number of para-hydroxylation sites is 1. The maximum Gasteiger partial charge on any atom is 0.233 e. The highest BCUT2D eigenvalue weighted by atomic mass is 32.2. The molecule has 0 radical (unpaired) electrons. The molecule has 0 bridgehead atoms. The van der Waals surface area contributed by atoms with E-state index in [0.29, 0.717) is 19.0 Å². The first-order valence-electron chi connectivity index (χ1n) is 11.8. The molecule has 2 aromatic heterocycles. The molecule has 8 nitrogen and oxygen atoms in total. The van der Waals surface area contributed by atoms with E-state index >= 15 is 0 Å². The number of thioether (sulfide) groups is 1. The lowest BCUT2D eigenvalue weighted by Crippen LogP contribution is -2.32. The molecule has 35 heavy (non-hydrogen) atoms. The van der Waals surface area contributed by atoms with Crippen molar-refractivity contribution in [3.8, 4) is 17.2 Å². The summed E-state index contributed by atoms with van der Waals surface area (Å²) in [5, 5.41) is 6.11. The summed E-state index contributed by atoms with van der Waals surface area (Å²) in [6, 6.07) is 16.0. The van der Waals surface area contributed by atoms with Crippen molar-refractivity contribution in [2.24, 2.45) is 0 Å². The Kier molecular flexibility index (Phi) is 5.99. The highest BCUT2D eigenvalue weighted by Crippen LogP contribution is 2.38. The molecule has 1 fully saturated rings. The predicted molar refractivity (Wildman–Crippen MR) is 133 cm³/mol. The largest absolute Gasteiger partial charge is 0.490 e. The second-order valence-electron chi connectivity index (χ2n) is 8.60. The van der Waals surface area contributed by atoms with Crippen LogP contribution >= 0.6 is 11.8 Å². The van der Waals surface area contributed by atoms with Crippen molar-refractivity contribution in [3.05, 3.63) is 66.6 Å². The van der Waals surface area contributed by atoms with Gasteiger partial charge in [0, 0.05) is 13.0 Å². The van der Waals surface area contributed by atoms with E-state index in [-0.39, 0.29) is 11.9 Å². The van der Waals surface area contributed by atoms with Crippen LogP contribution in [0.1, 0.15) is 30.9 Å². The van der Waals surface area contributed by atoms with Gasteiger partial charge in [-0.2, -0.15) is 5.10 Å². The summed E-state index contributed by atoms with van der Waals surface area (Å²) in [6.07, 6.45) is 6.10. The number of nitrogens with zero attached hydrogens (tertiary/aromatic N) is 5. The lowest BCUT2D eigenvalue weighted by atomic mass is 10.0. The number of benzene rings is 2. The summed E-state index contributed by atoms with van der Waals surface area (Å²) in [5.74, 6) is 1.96. The molecule has 4 heterocycles. The molecule has 1 atom stereocenters. The van der Waals surface area contributed by atoms with Gasteiger partial charge in [0.25, 0.3) is 0 Å². The van der Waals surface area contributed by atoms with Crippen LogP contribution in [0.15, 0.2) is 66.1 Å². The van der Waals surface area contributed by atoms with Crippen LogP contribution in [0.5, 0.6) is 11.5 Å². The predicted octanol–water partition coefficient (Wildman–Crippen LogP) is 4.43. The van der Waals surface area contributed by atoms with Gasteiger partial charge in [-0.15, -0.1) is 0 Å². The van der Waals surface area contributed by atoms with Gasteiger partial charge < -0.3 is 14.4 Å². The van der Waals surface area contributed by atoms with Crippen molar-refractivity contribution >= 4 is 28.7 Å². The fourth-order valence-corrected chi connectivity index (χ4v) is 5.55. The Hall–Kier alpha value is -3.59. The Bertz CT molecular complexity index is 1360. The Labute approximate surface area is 207 Å². The molecule has 0 saturated carbocycles. The number of aromatic nitrogens is 4. The van der Waals surface area contributed by atoms with Gasteiger partial charge in [0.05, 0.1) is 42.3 Å². The monoisotopic (exact) mass is 487 g/mol. The van der Waals surface area contributed by atoms with Crippen LogP contribution in [0, 0.1) is 0 Å². The van der Waals surface area contributed by atoms with Crippen LogP contribution in [0.3, 0.4) is 0 Å². The Balaban J connectivity index is 1.18. The highest BCUT2D eigenvalue weighted by molar-refractivity contribution is 8.00. The number of carbonyl (C=O) groups is 1. The van der Waals surface area contributed by atoms with Crippen molar-refractivity contribution in [2.45, 2.75) is 30.3 Å². The molecule has 0 N–H and O–H groups in total. The summed E-state index contributed by atoms with van der Waals surface area (Å²) in [6.45, 7) is 2.07. The smallest absolute Gasteiger partial charge is 0.233 e. The first-order chi connectivity index (χ1) is 17.3. The number of hydrogen-bond donors (Lipinski definition) is 0. The molecule has 2 aliphatic rings. The lowest BCUT2D eigenvalue weighted by Gasteiger charge is -2.25. The third-order valence-corrected chi connectivity index (χ3v) is 7.38.